The molecule has 44 heavy (non-hydrogen) atoms. The van der Waals surface area contributed by atoms with E-state index in [9.17, 15) is 18.0 Å². The predicted octanol–water partition coefficient (Wildman–Crippen LogP) is 4.44. The van der Waals surface area contributed by atoms with Crippen LogP contribution in [0.5, 0.6) is 0 Å². The van der Waals surface area contributed by atoms with Gasteiger partial charge < -0.3 is 5.32 Å². The van der Waals surface area contributed by atoms with E-state index in [2.05, 4.69) is 20.6 Å². The van der Waals surface area contributed by atoms with Gasteiger partial charge in [0.25, 0.3) is 5.56 Å². The third kappa shape index (κ3) is 5.41. The summed E-state index contributed by atoms with van der Waals surface area (Å²) in [5, 5.41) is 11.3. The number of amides is 2. The van der Waals surface area contributed by atoms with Gasteiger partial charge in [0.05, 0.1) is 23.3 Å². The quantitative estimate of drug-likeness (QED) is 0.299. The van der Waals surface area contributed by atoms with Gasteiger partial charge in [0.15, 0.2) is 0 Å². The van der Waals surface area contributed by atoms with Crippen LogP contribution in [0.2, 0.25) is 0 Å². The second-order valence-corrected chi connectivity index (χ2v) is 13.8. The summed E-state index contributed by atoms with van der Waals surface area (Å²) in [5.74, 6) is 0.449. The molecule has 0 spiro atoms. The lowest BCUT2D eigenvalue weighted by molar-refractivity contribution is 0.262. The summed E-state index contributed by atoms with van der Waals surface area (Å²) in [6.07, 6.45) is 4.83. The molecule has 2 amide bonds. The Labute approximate surface area is 254 Å². The van der Waals surface area contributed by atoms with Crippen LogP contribution in [-0.4, -0.2) is 51.6 Å². The molecular weight excluding hydrogens is 580 g/mol. The molecule has 4 heterocycles. The first-order valence-corrected chi connectivity index (χ1v) is 15.8. The number of nitrogens with one attached hydrogen (secondary N) is 2. The number of hydrogen-bond donors (Lipinski definition) is 2. The zero-order valence-corrected chi connectivity index (χ0v) is 25.8. The number of pyridine rings is 1. The summed E-state index contributed by atoms with van der Waals surface area (Å²) in [4.78, 5) is 34.7. The van der Waals surface area contributed by atoms with Crippen LogP contribution in [0.25, 0.3) is 27.8 Å². The van der Waals surface area contributed by atoms with Crippen molar-refractivity contribution >= 4 is 44.3 Å². The molecule has 1 aliphatic rings. The summed E-state index contributed by atoms with van der Waals surface area (Å²) in [6, 6.07) is 15.6. The van der Waals surface area contributed by atoms with Crippen molar-refractivity contribution in [2.45, 2.75) is 32.6 Å². The lowest BCUT2D eigenvalue weighted by Gasteiger charge is -2.17. The number of aryl methyl sites for hydroxylation is 1. The lowest BCUT2D eigenvalue weighted by atomic mass is 9.92. The summed E-state index contributed by atoms with van der Waals surface area (Å²) < 4.78 is 28.9. The second kappa shape index (κ2) is 10.6. The number of urea groups is 1. The van der Waals surface area contributed by atoms with Crippen LogP contribution in [0.1, 0.15) is 32.0 Å². The largest absolute Gasteiger partial charge is 0.324 e. The molecule has 13 heteroatoms. The summed E-state index contributed by atoms with van der Waals surface area (Å²) in [6.45, 7) is 6.48. The number of rotatable bonds is 5. The molecule has 12 nitrogen and oxygen atoms in total. The first-order chi connectivity index (χ1) is 20.8. The van der Waals surface area contributed by atoms with Crippen molar-refractivity contribution < 1.29 is 13.2 Å². The number of aromatic nitrogens is 5. The maximum absolute atomic E-state index is 13.3. The van der Waals surface area contributed by atoms with Gasteiger partial charge in [-0.3, -0.25) is 19.0 Å². The molecule has 0 unspecified atom stereocenters. The molecule has 0 atom stereocenters. The molecule has 226 valence electrons. The Bertz CT molecular complexity index is 2110. The van der Waals surface area contributed by atoms with Crippen molar-refractivity contribution in [3.63, 3.8) is 0 Å². The SMILES string of the molecule is Cn1c(=O)c(-c2cccc(NC(=O)Nc3cc(C(C)(C)C)nn3-c3ccc4c(c3)CCN4S(C)(=O)=O)c2)cc2cncnc21. The molecule has 0 saturated carbocycles. The minimum absolute atomic E-state index is 0.217. The minimum Gasteiger partial charge on any atom is -0.308 e. The van der Waals surface area contributed by atoms with Gasteiger partial charge in [-0.2, -0.15) is 5.10 Å². The second-order valence-electron chi connectivity index (χ2n) is 11.9. The van der Waals surface area contributed by atoms with Crippen molar-refractivity contribution in [2.24, 2.45) is 7.05 Å². The number of carbonyl (C=O) groups is 1. The molecule has 2 N–H and O–H groups in total. The van der Waals surface area contributed by atoms with Gasteiger partial charge in [-0.25, -0.2) is 27.9 Å². The zero-order chi connectivity index (χ0) is 31.4. The highest BCUT2D eigenvalue weighted by molar-refractivity contribution is 7.92. The average molecular weight is 613 g/mol. The molecule has 0 radical (unpaired) electrons. The maximum Gasteiger partial charge on any atom is 0.324 e. The third-order valence-corrected chi connectivity index (χ3v) is 8.76. The minimum atomic E-state index is -3.38. The summed E-state index contributed by atoms with van der Waals surface area (Å²) >= 11 is 0. The van der Waals surface area contributed by atoms with E-state index in [4.69, 9.17) is 5.10 Å². The van der Waals surface area contributed by atoms with Crippen molar-refractivity contribution in [1.82, 2.24) is 24.3 Å². The van der Waals surface area contributed by atoms with Crippen molar-refractivity contribution in [3.05, 3.63) is 88.7 Å². The van der Waals surface area contributed by atoms with Crippen molar-refractivity contribution in [1.29, 1.82) is 0 Å². The fourth-order valence-corrected chi connectivity index (χ4v) is 6.29. The number of benzene rings is 2. The molecule has 0 aliphatic carbocycles. The molecule has 0 saturated heterocycles. The van der Waals surface area contributed by atoms with Crippen molar-refractivity contribution in [2.75, 3.05) is 27.7 Å². The predicted molar refractivity (Wildman–Crippen MR) is 171 cm³/mol. The number of hydrogen-bond acceptors (Lipinski definition) is 7. The van der Waals surface area contributed by atoms with E-state index in [0.717, 1.165) is 16.6 Å². The maximum atomic E-state index is 13.3. The Morgan fingerprint density at radius 2 is 1.82 bits per heavy atom. The molecule has 3 aromatic heterocycles. The smallest absolute Gasteiger partial charge is 0.308 e. The number of nitrogens with zero attached hydrogens (tertiary/aromatic N) is 6. The monoisotopic (exact) mass is 612 g/mol. The zero-order valence-electron chi connectivity index (χ0n) is 25.0. The fourth-order valence-electron chi connectivity index (χ4n) is 5.33. The van der Waals surface area contributed by atoms with E-state index in [-0.39, 0.29) is 11.0 Å². The Balaban J connectivity index is 1.29. The molecular formula is C31H32N8O4S. The summed E-state index contributed by atoms with van der Waals surface area (Å²) in [7, 11) is -1.72. The number of fused-ring (bicyclic) bond motifs is 2. The van der Waals surface area contributed by atoms with Gasteiger partial charge in [0.1, 0.15) is 17.8 Å². The fraction of sp³-hybridized carbons (Fsp3) is 0.258. The van der Waals surface area contributed by atoms with Gasteiger partial charge in [0.2, 0.25) is 10.0 Å². The van der Waals surface area contributed by atoms with Gasteiger partial charge >= 0.3 is 6.03 Å². The van der Waals surface area contributed by atoms with Crippen LogP contribution in [0, 0.1) is 0 Å². The Morgan fingerprint density at radius 3 is 2.57 bits per heavy atom. The molecule has 1 aliphatic heterocycles. The van der Waals surface area contributed by atoms with Gasteiger partial charge in [-0.1, -0.05) is 32.9 Å². The molecule has 0 fully saturated rings. The van der Waals surface area contributed by atoms with Crippen LogP contribution in [0.4, 0.5) is 22.0 Å². The molecule has 6 rings (SSSR count). The van der Waals surface area contributed by atoms with Gasteiger partial charge in [-0.15, -0.1) is 0 Å². The highest BCUT2D eigenvalue weighted by atomic mass is 32.2. The standard InChI is InChI=1S/C31H32N8O4S/c1-31(2,3)26-16-27(39(36-26)23-9-10-25-20(14-23)11-12-38(25)44(5,42)43)35-30(41)34-22-8-6-7-19(13-22)24-15-21-17-32-18-33-28(21)37(4)29(24)40/h6-10,13-18H,11-12H2,1-5H3,(H2,34,35,41). The van der Waals surface area contributed by atoms with Crippen molar-refractivity contribution in [3.8, 4) is 16.8 Å². The van der Waals surface area contributed by atoms with E-state index in [0.29, 0.717) is 52.6 Å². The van der Waals surface area contributed by atoms with Gasteiger partial charge in [0, 0.05) is 47.9 Å². The Kier molecular flexibility index (Phi) is 7.00. The van der Waals surface area contributed by atoms with Gasteiger partial charge in [-0.05, 0) is 53.9 Å². The van der Waals surface area contributed by atoms with E-state index >= 15 is 0 Å². The van der Waals surface area contributed by atoms with Crippen LogP contribution in [-0.2, 0) is 28.9 Å². The lowest BCUT2D eigenvalue weighted by Crippen LogP contribution is -2.27. The van der Waals surface area contributed by atoms with E-state index in [1.54, 1.807) is 60.4 Å². The number of carbonyl (C=O) groups excluding carboxylic acids is 1. The topological polar surface area (TPSA) is 144 Å². The summed E-state index contributed by atoms with van der Waals surface area (Å²) in [5.41, 5.74) is 4.61. The van der Waals surface area contributed by atoms with Crippen LogP contribution >= 0.6 is 0 Å². The van der Waals surface area contributed by atoms with E-state index in [1.807, 2.05) is 32.9 Å². The highest BCUT2D eigenvalue weighted by Gasteiger charge is 2.27. The highest BCUT2D eigenvalue weighted by Crippen LogP contribution is 2.33. The Morgan fingerprint density at radius 1 is 1.02 bits per heavy atom. The normalized spacial score (nSPS) is 13.2. The molecule has 5 aromatic rings. The Hall–Kier alpha value is -5.04. The average Bonchev–Trinajstić information content (AvgIpc) is 3.59. The number of anilines is 3. The van der Waals surface area contributed by atoms with Crippen LogP contribution in [0.3, 0.4) is 0 Å². The first kappa shape index (κ1) is 29.1. The van der Waals surface area contributed by atoms with E-state index in [1.165, 1.54) is 21.5 Å². The molecule has 2 aromatic carbocycles. The van der Waals surface area contributed by atoms with E-state index < -0.39 is 16.1 Å². The van der Waals surface area contributed by atoms with Crippen LogP contribution in [0.15, 0.2) is 71.9 Å². The third-order valence-electron chi connectivity index (χ3n) is 7.58. The first-order valence-electron chi connectivity index (χ1n) is 14.0. The van der Waals surface area contributed by atoms with Crippen LogP contribution < -0.4 is 20.5 Å². The number of sulfonamides is 1. The molecule has 0 bridgehead atoms.